The number of ether oxygens (including phenoxy) is 2. The van der Waals surface area contributed by atoms with Gasteiger partial charge in [-0.3, -0.25) is 14.2 Å². The first-order valence-corrected chi connectivity index (χ1v) is 13.1. The van der Waals surface area contributed by atoms with Crippen LogP contribution in [0.3, 0.4) is 0 Å². The molecule has 0 unspecified atom stereocenters. The van der Waals surface area contributed by atoms with Crippen molar-refractivity contribution >= 4 is 12.0 Å². The summed E-state index contributed by atoms with van der Waals surface area (Å²) < 4.78 is 55.9. The molecule has 2 amide bonds. The zero-order chi connectivity index (χ0) is 28.5. The normalized spacial score (nSPS) is 20.6. The van der Waals surface area contributed by atoms with Crippen LogP contribution in [0.4, 0.5) is 18.0 Å². The molecule has 39 heavy (non-hydrogen) atoms. The van der Waals surface area contributed by atoms with Gasteiger partial charge in [-0.05, 0) is 43.9 Å². The number of amides is 2. The molecular formula is C27H35F3N4O5. The van der Waals surface area contributed by atoms with Crippen molar-refractivity contribution in [1.82, 2.24) is 14.3 Å². The Kier molecular flexibility index (Phi) is 8.15. The van der Waals surface area contributed by atoms with Gasteiger partial charge in [-0.15, -0.1) is 0 Å². The molecule has 2 fully saturated rings. The average molecular weight is 553 g/mol. The van der Waals surface area contributed by atoms with Crippen molar-refractivity contribution in [1.29, 1.82) is 0 Å². The summed E-state index contributed by atoms with van der Waals surface area (Å²) >= 11 is 0. The quantitative estimate of drug-likeness (QED) is 0.566. The maximum Gasteiger partial charge on any atom is 0.416 e. The lowest BCUT2D eigenvalue weighted by Gasteiger charge is -2.22. The summed E-state index contributed by atoms with van der Waals surface area (Å²) in [5, 5.41) is 9.39. The van der Waals surface area contributed by atoms with Crippen molar-refractivity contribution in [3.05, 3.63) is 46.6 Å². The lowest BCUT2D eigenvalue weighted by Crippen LogP contribution is -2.38. The van der Waals surface area contributed by atoms with E-state index in [1.807, 2.05) is 37.2 Å². The predicted molar refractivity (Wildman–Crippen MR) is 136 cm³/mol. The van der Waals surface area contributed by atoms with E-state index in [1.54, 1.807) is 6.07 Å². The first-order chi connectivity index (χ1) is 18.3. The maximum absolute atomic E-state index is 13.6. The van der Waals surface area contributed by atoms with E-state index in [1.165, 1.54) is 4.90 Å². The van der Waals surface area contributed by atoms with Gasteiger partial charge in [0.05, 0.1) is 29.8 Å². The van der Waals surface area contributed by atoms with Crippen LogP contribution in [0, 0.1) is 0 Å². The molecule has 2 aliphatic heterocycles. The van der Waals surface area contributed by atoms with Gasteiger partial charge in [0, 0.05) is 37.4 Å². The highest BCUT2D eigenvalue weighted by Gasteiger charge is 2.33. The third-order valence-corrected chi connectivity index (χ3v) is 7.22. The maximum atomic E-state index is 13.6. The Hall–Kier alpha value is -3.28. The summed E-state index contributed by atoms with van der Waals surface area (Å²) in [5.74, 6) is -0.962. The van der Waals surface area contributed by atoms with Gasteiger partial charge in [0.15, 0.2) is 5.49 Å². The molecule has 1 N–H and O–H groups in total. The lowest BCUT2D eigenvalue weighted by molar-refractivity contribution is -0.137. The van der Waals surface area contributed by atoms with E-state index < -0.39 is 29.8 Å². The van der Waals surface area contributed by atoms with Crippen LogP contribution < -0.4 is 10.2 Å². The monoisotopic (exact) mass is 552 g/mol. The average Bonchev–Trinajstić information content (AvgIpc) is 3.59. The molecule has 2 atom stereocenters. The van der Waals surface area contributed by atoms with Gasteiger partial charge >= 0.3 is 12.3 Å². The summed E-state index contributed by atoms with van der Waals surface area (Å²) in [7, 11) is 1.85. The number of benzene rings is 1. The third kappa shape index (κ3) is 6.48. The number of hydrogen-bond acceptors (Lipinski definition) is 4. The molecule has 0 bridgehead atoms. The topological polar surface area (TPSA) is 98.3 Å². The fourth-order valence-electron chi connectivity index (χ4n) is 5.17. The summed E-state index contributed by atoms with van der Waals surface area (Å²) in [6.07, 6.45) is -2.82. The van der Waals surface area contributed by atoms with Crippen LogP contribution in [0.1, 0.15) is 68.1 Å². The number of alkyl halides is 3. The van der Waals surface area contributed by atoms with Crippen LogP contribution in [0.2, 0.25) is 0 Å². The molecule has 12 heteroatoms. The summed E-state index contributed by atoms with van der Waals surface area (Å²) in [6.45, 7) is 7.42. The molecule has 1 aromatic heterocycles. The number of nitrogens with zero attached hydrogens (tertiary/aromatic N) is 4. The second kappa shape index (κ2) is 11.1. The first-order valence-electron chi connectivity index (χ1n) is 13.1. The van der Waals surface area contributed by atoms with Crippen LogP contribution in [-0.2, 0) is 29.9 Å². The van der Waals surface area contributed by atoms with Crippen molar-refractivity contribution in [3.8, 4) is 5.75 Å². The zero-order valence-electron chi connectivity index (χ0n) is 22.6. The second-order valence-corrected chi connectivity index (χ2v) is 11.1. The number of carbonyl (C=O) groups excluding carboxylic acids is 1. The zero-order valence-corrected chi connectivity index (χ0v) is 22.6. The van der Waals surface area contributed by atoms with Crippen molar-refractivity contribution in [2.45, 2.75) is 76.7 Å². The minimum Gasteiger partial charge on any atom is -0.491 e. The van der Waals surface area contributed by atoms with Crippen LogP contribution in [0.15, 0.2) is 29.3 Å². The molecule has 4 rings (SSSR count). The summed E-state index contributed by atoms with van der Waals surface area (Å²) in [4.78, 5) is 30.5. The SMILES string of the molecule is Cn1c(C(C)(C)C)c/c(=N\C(=O)c2cc(C(F)(F)F)ccc2OC[C@@H]2CCCN2C(=O)O)n1C[C@H]1CCCO1. The number of likely N-dealkylation sites (tertiary alicyclic amines) is 1. The Labute approximate surface area is 224 Å². The van der Waals surface area contributed by atoms with E-state index in [9.17, 15) is 27.9 Å². The summed E-state index contributed by atoms with van der Waals surface area (Å²) in [5.41, 5.74) is -0.431. The van der Waals surface area contributed by atoms with E-state index in [4.69, 9.17) is 9.47 Å². The van der Waals surface area contributed by atoms with E-state index in [0.717, 1.165) is 36.7 Å². The van der Waals surface area contributed by atoms with Gasteiger partial charge in [0.25, 0.3) is 5.91 Å². The molecule has 0 spiro atoms. The molecule has 0 aliphatic carbocycles. The van der Waals surface area contributed by atoms with Crippen molar-refractivity contribution in [3.63, 3.8) is 0 Å². The third-order valence-electron chi connectivity index (χ3n) is 7.22. The van der Waals surface area contributed by atoms with E-state index in [0.29, 0.717) is 38.0 Å². The van der Waals surface area contributed by atoms with E-state index in [2.05, 4.69) is 4.99 Å². The number of carbonyl (C=O) groups is 2. The van der Waals surface area contributed by atoms with Gasteiger partial charge in [-0.2, -0.15) is 18.2 Å². The molecular weight excluding hydrogens is 517 g/mol. The van der Waals surface area contributed by atoms with Gasteiger partial charge in [-0.25, -0.2) is 4.79 Å². The second-order valence-electron chi connectivity index (χ2n) is 11.1. The van der Waals surface area contributed by atoms with Crippen LogP contribution in [0.5, 0.6) is 5.75 Å². The van der Waals surface area contributed by atoms with E-state index >= 15 is 0 Å². The van der Waals surface area contributed by atoms with E-state index in [-0.39, 0.29) is 29.4 Å². The van der Waals surface area contributed by atoms with Gasteiger partial charge in [0.1, 0.15) is 12.4 Å². The molecule has 214 valence electrons. The number of halogens is 3. The van der Waals surface area contributed by atoms with Crippen LogP contribution in [0.25, 0.3) is 0 Å². The van der Waals surface area contributed by atoms with Gasteiger partial charge in [-0.1, -0.05) is 20.8 Å². The standard InChI is InChI=1S/C27H35F3N4O5/c1-26(2,3)22-14-23(34(32(22)4)15-19-8-6-12-38-19)31-24(35)20-13-17(27(28,29)30)9-10-21(20)39-16-18-7-5-11-33(18)25(36)37/h9-10,13-14,18-19H,5-8,11-12,15-16H2,1-4H3,(H,36,37)/b31-23+/t18-,19+/m0/s1. The molecule has 3 heterocycles. The first kappa shape index (κ1) is 28.7. The molecule has 0 saturated carbocycles. The number of aromatic nitrogens is 2. The highest BCUT2D eigenvalue weighted by atomic mass is 19.4. The van der Waals surface area contributed by atoms with Crippen LogP contribution in [-0.4, -0.2) is 63.3 Å². The highest BCUT2D eigenvalue weighted by Crippen LogP contribution is 2.33. The molecule has 2 aliphatic rings. The molecule has 1 aromatic carbocycles. The minimum atomic E-state index is -4.68. The Morgan fingerprint density at radius 3 is 2.51 bits per heavy atom. The Bertz CT molecular complexity index is 1290. The van der Waals surface area contributed by atoms with Gasteiger partial charge in [0.2, 0.25) is 0 Å². The smallest absolute Gasteiger partial charge is 0.416 e. The number of hydrogen-bond donors (Lipinski definition) is 1. The Balaban J connectivity index is 1.73. The molecule has 9 nitrogen and oxygen atoms in total. The number of rotatable bonds is 6. The Morgan fingerprint density at radius 2 is 1.90 bits per heavy atom. The largest absolute Gasteiger partial charge is 0.491 e. The van der Waals surface area contributed by atoms with Crippen molar-refractivity contribution < 1.29 is 37.3 Å². The molecule has 2 saturated heterocycles. The fourth-order valence-corrected chi connectivity index (χ4v) is 5.17. The van der Waals surface area contributed by atoms with Crippen LogP contribution >= 0.6 is 0 Å². The van der Waals surface area contributed by atoms with Crippen molar-refractivity contribution in [2.24, 2.45) is 12.0 Å². The fraction of sp³-hybridized carbons (Fsp3) is 0.593. The number of carboxylic acid groups (broad SMARTS) is 1. The molecule has 0 radical (unpaired) electrons. The molecule has 2 aromatic rings. The lowest BCUT2D eigenvalue weighted by atomic mass is 9.92. The highest BCUT2D eigenvalue weighted by molar-refractivity contribution is 5.97. The summed E-state index contributed by atoms with van der Waals surface area (Å²) in [6, 6.07) is 3.99. The van der Waals surface area contributed by atoms with Crippen molar-refractivity contribution in [2.75, 3.05) is 19.8 Å². The predicted octanol–water partition coefficient (Wildman–Crippen LogP) is 4.58. The minimum absolute atomic E-state index is 0.0588. The Morgan fingerprint density at radius 1 is 1.15 bits per heavy atom. The van der Waals surface area contributed by atoms with Gasteiger partial charge < -0.3 is 19.5 Å².